The summed E-state index contributed by atoms with van der Waals surface area (Å²) in [5.74, 6) is -0.190. The van der Waals surface area contributed by atoms with Gasteiger partial charge in [0.25, 0.3) is 0 Å². The van der Waals surface area contributed by atoms with Crippen LogP contribution in [0.3, 0.4) is 0 Å². The monoisotopic (exact) mass is 386 g/mol. The minimum atomic E-state index is -3.53. The van der Waals surface area contributed by atoms with Crippen molar-refractivity contribution in [3.63, 3.8) is 0 Å². The predicted molar refractivity (Wildman–Crippen MR) is 105 cm³/mol. The SMILES string of the molecule is Cc1ccc(C)c(S(=O)(=O)N2CCCC(c3cc4cc(F)ccc4[nH]3)C2)c1. The van der Waals surface area contributed by atoms with Crippen molar-refractivity contribution in [2.24, 2.45) is 0 Å². The molecule has 2 aromatic carbocycles. The number of benzene rings is 2. The molecule has 1 unspecified atom stereocenters. The van der Waals surface area contributed by atoms with Gasteiger partial charge in [0.1, 0.15) is 5.82 Å². The molecular weight excluding hydrogens is 363 g/mol. The van der Waals surface area contributed by atoms with E-state index in [2.05, 4.69) is 4.98 Å². The second kappa shape index (κ2) is 6.77. The number of aryl methyl sites for hydroxylation is 2. The Morgan fingerprint density at radius 2 is 1.93 bits per heavy atom. The minimum Gasteiger partial charge on any atom is -0.358 e. The molecule has 4 nitrogen and oxygen atoms in total. The molecule has 4 rings (SSSR count). The molecule has 3 aromatic rings. The van der Waals surface area contributed by atoms with Gasteiger partial charge in [-0.3, -0.25) is 0 Å². The van der Waals surface area contributed by atoms with Crippen LogP contribution in [-0.2, 0) is 10.0 Å². The van der Waals surface area contributed by atoms with Crippen molar-refractivity contribution < 1.29 is 12.8 Å². The maximum absolute atomic E-state index is 13.5. The van der Waals surface area contributed by atoms with Crippen LogP contribution < -0.4 is 0 Å². The van der Waals surface area contributed by atoms with Gasteiger partial charge in [0.2, 0.25) is 10.0 Å². The van der Waals surface area contributed by atoms with Crippen LogP contribution in [0.2, 0.25) is 0 Å². The fourth-order valence-corrected chi connectivity index (χ4v) is 5.72. The first kappa shape index (κ1) is 18.2. The summed E-state index contributed by atoms with van der Waals surface area (Å²) in [4.78, 5) is 3.73. The average molecular weight is 386 g/mol. The van der Waals surface area contributed by atoms with Gasteiger partial charge in [0.15, 0.2) is 0 Å². The maximum atomic E-state index is 13.5. The normalized spacial score (nSPS) is 18.9. The summed E-state index contributed by atoms with van der Waals surface area (Å²) in [5.41, 5.74) is 3.55. The summed E-state index contributed by atoms with van der Waals surface area (Å²) in [6.07, 6.45) is 1.71. The van der Waals surface area contributed by atoms with E-state index < -0.39 is 10.0 Å². The maximum Gasteiger partial charge on any atom is 0.243 e. The molecule has 1 saturated heterocycles. The van der Waals surface area contributed by atoms with Gasteiger partial charge in [-0.15, -0.1) is 0 Å². The second-order valence-corrected chi connectivity index (χ2v) is 9.33. The summed E-state index contributed by atoms with van der Waals surface area (Å²) in [5, 5.41) is 0.819. The third-order valence-electron chi connectivity index (χ3n) is 5.39. The molecule has 27 heavy (non-hydrogen) atoms. The van der Waals surface area contributed by atoms with Gasteiger partial charge < -0.3 is 4.98 Å². The highest BCUT2D eigenvalue weighted by atomic mass is 32.2. The van der Waals surface area contributed by atoms with Crippen LogP contribution in [-0.4, -0.2) is 30.8 Å². The van der Waals surface area contributed by atoms with E-state index in [-0.39, 0.29) is 11.7 Å². The van der Waals surface area contributed by atoms with Crippen molar-refractivity contribution in [3.8, 4) is 0 Å². The van der Waals surface area contributed by atoms with Crippen molar-refractivity contribution in [1.29, 1.82) is 0 Å². The molecule has 1 N–H and O–H groups in total. The lowest BCUT2D eigenvalue weighted by Crippen LogP contribution is -2.39. The number of sulfonamides is 1. The highest BCUT2D eigenvalue weighted by Gasteiger charge is 2.32. The van der Waals surface area contributed by atoms with Crippen LogP contribution in [0.15, 0.2) is 47.4 Å². The Morgan fingerprint density at radius 3 is 2.74 bits per heavy atom. The molecule has 1 fully saturated rings. The largest absolute Gasteiger partial charge is 0.358 e. The Labute approximate surface area is 159 Å². The number of H-pyrrole nitrogens is 1. The third-order valence-corrected chi connectivity index (χ3v) is 7.40. The van der Waals surface area contributed by atoms with Crippen molar-refractivity contribution in [2.75, 3.05) is 13.1 Å². The van der Waals surface area contributed by atoms with Crippen LogP contribution in [0.4, 0.5) is 4.39 Å². The highest BCUT2D eigenvalue weighted by Crippen LogP contribution is 2.32. The molecule has 1 aliphatic rings. The summed E-state index contributed by atoms with van der Waals surface area (Å²) >= 11 is 0. The van der Waals surface area contributed by atoms with Crippen LogP contribution in [0, 0.1) is 19.7 Å². The van der Waals surface area contributed by atoms with E-state index in [1.54, 1.807) is 16.4 Å². The zero-order valence-electron chi connectivity index (χ0n) is 15.5. The number of nitrogens with zero attached hydrogens (tertiary/aromatic N) is 1. The topological polar surface area (TPSA) is 53.2 Å². The quantitative estimate of drug-likeness (QED) is 0.721. The van der Waals surface area contributed by atoms with Gasteiger partial charge >= 0.3 is 0 Å². The average Bonchev–Trinajstić information content (AvgIpc) is 3.07. The van der Waals surface area contributed by atoms with Crippen LogP contribution in [0.5, 0.6) is 0 Å². The standard InChI is InChI=1S/C21H23FN2O2S/c1-14-5-6-15(2)21(10-14)27(25,26)24-9-3-4-16(13-24)20-12-17-11-18(22)7-8-19(17)23-20/h5-8,10-12,16,23H,3-4,9,13H2,1-2H3. The van der Waals surface area contributed by atoms with E-state index >= 15 is 0 Å². The fraction of sp³-hybridized carbons (Fsp3) is 0.333. The number of halogens is 1. The van der Waals surface area contributed by atoms with Crippen LogP contribution in [0.1, 0.15) is 35.6 Å². The molecule has 1 atom stereocenters. The van der Waals surface area contributed by atoms with Crippen molar-refractivity contribution in [3.05, 3.63) is 65.1 Å². The first-order valence-electron chi connectivity index (χ1n) is 9.20. The number of rotatable bonds is 3. The first-order valence-corrected chi connectivity index (χ1v) is 10.6. The summed E-state index contributed by atoms with van der Waals surface area (Å²) in [6.45, 7) is 4.70. The smallest absolute Gasteiger partial charge is 0.243 e. The van der Waals surface area contributed by atoms with Crippen molar-refractivity contribution in [1.82, 2.24) is 9.29 Å². The Morgan fingerprint density at radius 1 is 1.11 bits per heavy atom. The number of piperidine rings is 1. The van der Waals surface area contributed by atoms with Gasteiger partial charge in [-0.1, -0.05) is 12.1 Å². The molecule has 0 aliphatic carbocycles. The molecule has 0 amide bonds. The predicted octanol–water partition coefficient (Wildman–Crippen LogP) is 4.49. The molecule has 6 heteroatoms. The molecule has 1 aromatic heterocycles. The number of aromatic amines is 1. The Kier molecular flexibility index (Phi) is 4.56. The third kappa shape index (κ3) is 3.39. The Bertz CT molecular complexity index is 1100. The van der Waals surface area contributed by atoms with Crippen molar-refractivity contribution >= 4 is 20.9 Å². The zero-order chi connectivity index (χ0) is 19.2. The first-order chi connectivity index (χ1) is 12.8. The summed E-state index contributed by atoms with van der Waals surface area (Å²) in [7, 11) is -3.53. The van der Waals surface area contributed by atoms with E-state index in [9.17, 15) is 12.8 Å². The zero-order valence-corrected chi connectivity index (χ0v) is 16.3. The van der Waals surface area contributed by atoms with Gasteiger partial charge in [-0.05, 0) is 68.1 Å². The van der Waals surface area contributed by atoms with E-state index in [1.807, 2.05) is 32.0 Å². The van der Waals surface area contributed by atoms with Gasteiger partial charge in [0, 0.05) is 35.6 Å². The number of aromatic nitrogens is 1. The molecule has 0 radical (unpaired) electrons. The fourth-order valence-electron chi connectivity index (χ4n) is 3.88. The molecule has 142 valence electrons. The minimum absolute atomic E-state index is 0.0779. The molecule has 1 aliphatic heterocycles. The van der Waals surface area contributed by atoms with Crippen LogP contribution in [0.25, 0.3) is 10.9 Å². The van der Waals surface area contributed by atoms with Crippen LogP contribution >= 0.6 is 0 Å². The van der Waals surface area contributed by atoms with E-state index in [0.29, 0.717) is 18.0 Å². The van der Waals surface area contributed by atoms with E-state index in [0.717, 1.165) is 40.6 Å². The molecule has 2 heterocycles. The van der Waals surface area contributed by atoms with Gasteiger partial charge in [0.05, 0.1) is 4.90 Å². The Balaban J connectivity index is 1.64. The highest BCUT2D eigenvalue weighted by molar-refractivity contribution is 7.89. The lowest BCUT2D eigenvalue weighted by atomic mass is 9.96. The lowest BCUT2D eigenvalue weighted by Gasteiger charge is -2.32. The van der Waals surface area contributed by atoms with Crippen molar-refractivity contribution in [2.45, 2.75) is 37.5 Å². The number of nitrogens with one attached hydrogen (secondary N) is 1. The number of hydrogen-bond acceptors (Lipinski definition) is 2. The molecule has 0 saturated carbocycles. The second-order valence-electron chi connectivity index (χ2n) is 7.43. The van der Waals surface area contributed by atoms with Gasteiger partial charge in [-0.2, -0.15) is 4.31 Å². The van der Waals surface area contributed by atoms with E-state index in [4.69, 9.17) is 0 Å². The molecule has 0 spiro atoms. The van der Waals surface area contributed by atoms with E-state index in [1.165, 1.54) is 12.1 Å². The number of fused-ring (bicyclic) bond motifs is 1. The lowest BCUT2D eigenvalue weighted by molar-refractivity contribution is 0.313. The molecular formula is C21H23FN2O2S. The summed E-state index contributed by atoms with van der Waals surface area (Å²) < 4.78 is 41.5. The summed E-state index contributed by atoms with van der Waals surface area (Å²) in [6, 6.07) is 12.1. The number of hydrogen-bond donors (Lipinski definition) is 1. The molecule has 0 bridgehead atoms. The Hall–Kier alpha value is -2.18. The van der Waals surface area contributed by atoms with Gasteiger partial charge in [-0.25, -0.2) is 12.8 Å².